The van der Waals surface area contributed by atoms with E-state index in [1.54, 1.807) is 29.4 Å². The third kappa shape index (κ3) is 4.84. The third-order valence-electron chi connectivity index (χ3n) is 5.33. The summed E-state index contributed by atoms with van der Waals surface area (Å²) in [6, 6.07) is 14.7. The molecule has 0 spiro atoms. The molecule has 0 bridgehead atoms. The summed E-state index contributed by atoms with van der Waals surface area (Å²) in [6.45, 7) is 2.62. The topological polar surface area (TPSA) is 50.3 Å². The van der Waals surface area contributed by atoms with Gasteiger partial charge in [0.2, 0.25) is 5.91 Å². The Labute approximate surface area is 186 Å². The second-order valence-electron chi connectivity index (χ2n) is 7.54. The molecule has 1 amide bonds. The van der Waals surface area contributed by atoms with Crippen LogP contribution in [0.4, 0.5) is 5.69 Å². The standard InChI is InChI=1S/C26H21ClN2O2/c1-18-6-8-22(14-20(18)9-7-19-4-2-12-28-17-19)25(30)15-21-10-11-23(27)16-24(21)29-13-3-5-26(29)31/h2,4,6,8,10-12,14,16-17H,3,5,13,15H2,1H3. The minimum atomic E-state index is -0.0281. The number of pyridine rings is 1. The number of halogens is 1. The van der Waals surface area contributed by atoms with E-state index in [4.69, 9.17) is 11.6 Å². The van der Waals surface area contributed by atoms with Crippen LogP contribution in [0.2, 0.25) is 5.02 Å². The van der Waals surface area contributed by atoms with Gasteiger partial charge in [-0.25, -0.2) is 0 Å². The van der Waals surface area contributed by atoms with Gasteiger partial charge in [-0.2, -0.15) is 0 Å². The van der Waals surface area contributed by atoms with Gasteiger partial charge in [0.1, 0.15) is 0 Å². The molecule has 1 fully saturated rings. The normalized spacial score (nSPS) is 13.1. The second-order valence-corrected chi connectivity index (χ2v) is 7.98. The molecule has 0 saturated carbocycles. The maximum Gasteiger partial charge on any atom is 0.227 e. The fourth-order valence-corrected chi connectivity index (χ4v) is 3.79. The van der Waals surface area contributed by atoms with Crippen molar-refractivity contribution in [2.45, 2.75) is 26.2 Å². The quantitative estimate of drug-likeness (QED) is 0.434. The van der Waals surface area contributed by atoms with Crippen molar-refractivity contribution in [2.75, 3.05) is 11.4 Å². The highest BCUT2D eigenvalue weighted by Gasteiger charge is 2.25. The van der Waals surface area contributed by atoms with Crippen molar-refractivity contribution in [3.05, 3.63) is 93.8 Å². The number of nitrogens with zero attached hydrogens (tertiary/aromatic N) is 2. The molecule has 4 nitrogen and oxygen atoms in total. The van der Waals surface area contributed by atoms with Gasteiger partial charge in [0.05, 0.1) is 0 Å². The summed E-state index contributed by atoms with van der Waals surface area (Å²) in [5.41, 5.74) is 4.75. The van der Waals surface area contributed by atoms with Crippen molar-refractivity contribution in [2.24, 2.45) is 0 Å². The molecule has 0 radical (unpaired) electrons. The number of ketones is 1. The molecule has 31 heavy (non-hydrogen) atoms. The van der Waals surface area contributed by atoms with E-state index in [0.717, 1.165) is 34.4 Å². The average Bonchev–Trinajstić information content (AvgIpc) is 3.20. The molecule has 0 aliphatic carbocycles. The summed E-state index contributed by atoms with van der Waals surface area (Å²) < 4.78 is 0. The van der Waals surface area contributed by atoms with E-state index >= 15 is 0 Å². The van der Waals surface area contributed by atoms with E-state index in [1.807, 2.05) is 43.3 Å². The monoisotopic (exact) mass is 428 g/mol. The summed E-state index contributed by atoms with van der Waals surface area (Å²) in [5, 5.41) is 0.550. The van der Waals surface area contributed by atoms with Crippen LogP contribution in [0.5, 0.6) is 0 Å². The molecule has 3 aromatic rings. The van der Waals surface area contributed by atoms with Crippen LogP contribution in [0.1, 0.15) is 45.5 Å². The number of amides is 1. The van der Waals surface area contributed by atoms with E-state index in [9.17, 15) is 9.59 Å². The predicted octanol–water partition coefficient (Wildman–Crippen LogP) is 5.00. The average molecular weight is 429 g/mol. The number of carbonyl (C=O) groups is 2. The lowest BCUT2D eigenvalue weighted by Gasteiger charge is -2.20. The van der Waals surface area contributed by atoms with Crippen LogP contribution in [-0.4, -0.2) is 23.2 Å². The first-order chi connectivity index (χ1) is 15.0. The van der Waals surface area contributed by atoms with Crippen molar-refractivity contribution < 1.29 is 9.59 Å². The Hall–Kier alpha value is -3.42. The van der Waals surface area contributed by atoms with Crippen molar-refractivity contribution in [3.63, 3.8) is 0 Å². The fourth-order valence-electron chi connectivity index (χ4n) is 3.62. The summed E-state index contributed by atoms with van der Waals surface area (Å²) in [4.78, 5) is 31.1. The number of aryl methyl sites for hydroxylation is 1. The zero-order chi connectivity index (χ0) is 21.8. The molecule has 2 aromatic carbocycles. The minimum absolute atomic E-state index is 0.0281. The Balaban J connectivity index is 1.60. The molecule has 5 heteroatoms. The van der Waals surface area contributed by atoms with E-state index < -0.39 is 0 Å². The molecule has 0 N–H and O–H groups in total. The maximum absolute atomic E-state index is 13.1. The number of aromatic nitrogens is 1. The highest BCUT2D eigenvalue weighted by Crippen LogP contribution is 2.29. The second kappa shape index (κ2) is 9.16. The molecule has 154 valence electrons. The maximum atomic E-state index is 13.1. The van der Waals surface area contributed by atoms with Gasteiger partial charge in [0.15, 0.2) is 5.78 Å². The Kier molecular flexibility index (Phi) is 6.16. The van der Waals surface area contributed by atoms with Gasteiger partial charge in [0.25, 0.3) is 0 Å². The van der Waals surface area contributed by atoms with Crippen LogP contribution in [-0.2, 0) is 11.2 Å². The number of hydrogen-bond donors (Lipinski definition) is 0. The first kappa shape index (κ1) is 20.8. The van der Waals surface area contributed by atoms with Gasteiger partial charge in [-0.1, -0.05) is 41.6 Å². The molecule has 1 aliphatic rings. The lowest BCUT2D eigenvalue weighted by molar-refractivity contribution is -0.117. The van der Waals surface area contributed by atoms with Crippen LogP contribution in [0.3, 0.4) is 0 Å². The van der Waals surface area contributed by atoms with Gasteiger partial charge in [-0.15, -0.1) is 0 Å². The molecule has 0 unspecified atom stereocenters. The van der Waals surface area contributed by atoms with Crippen molar-refractivity contribution in [1.82, 2.24) is 4.98 Å². The Morgan fingerprint density at radius 1 is 1.16 bits per heavy atom. The van der Waals surface area contributed by atoms with Crippen molar-refractivity contribution in [3.8, 4) is 11.8 Å². The van der Waals surface area contributed by atoms with Gasteiger partial charge < -0.3 is 4.90 Å². The largest absolute Gasteiger partial charge is 0.312 e. The number of rotatable bonds is 4. The van der Waals surface area contributed by atoms with Crippen LogP contribution in [0, 0.1) is 18.8 Å². The van der Waals surface area contributed by atoms with Gasteiger partial charge >= 0.3 is 0 Å². The van der Waals surface area contributed by atoms with Gasteiger partial charge in [0, 0.05) is 59.2 Å². The van der Waals surface area contributed by atoms with E-state index in [1.165, 1.54) is 0 Å². The Morgan fingerprint density at radius 3 is 2.77 bits per heavy atom. The summed E-state index contributed by atoms with van der Waals surface area (Å²) in [5.74, 6) is 6.28. The molecular weight excluding hydrogens is 408 g/mol. The first-order valence-electron chi connectivity index (χ1n) is 10.2. The minimum Gasteiger partial charge on any atom is -0.312 e. The predicted molar refractivity (Wildman–Crippen MR) is 122 cm³/mol. The Morgan fingerprint density at radius 2 is 2.03 bits per heavy atom. The third-order valence-corrected chi connectivity index (χ3v) is 5.56. The van der Waals surface area contributed by atoms with Gasteiger partial charge in [-0.3, -0.25) is 14.6 Å². The summed E-state index contributed by atoms with van der Waals surface area (Å²) >= 11 is 6.18. The molecule has 0 atom stereocenters. The van der Waals surface area contributed by atoms with Crippen LogP contribution >= 0.6 is 11.6 Å². The lowest BCUT2D eigenvalue weighted by Crippen LogP contribution is -2.25. The zero-order valence-corrected chi connectivity index (χ0v) is 17.9. The molecule has 1 saturated heterocycles. The van der Waals surface area contributed by atoms with Crippen LogP contribution in [0.15, 0.2) is 60.9 Å². The smallest absolute Gasteiger partial charge is 0.227 e. The van der Waals surface area contributed by atoms with Gasteiger partial charge in [-0.05, 0) is 54.8 Å². The zero-order valence-electron chi connectivity index (χ0n) is 17.2. The van der Waals surface area contributed by atoms with E-state index in [2.05, 4.69) is 16.8 Å². The molecular formula is C26H21ClN2O2. The lowest BCUT2D eigenvalue weighted by atomic mass is 9.97. The number of carbonyl (C=O) groups excluding carboxylic acids is 2. The molecule has 1 aliphatic heterocycles. The van der Waals surface area contributed by atoms with Crippen LogP contribution < -0.4 is 4.90 Å². The number of anilines is 1. The van der Waals surface area contributed by atoms with Crippen molar-refractivity contribution >= 4 is 29.0 Å². The molecule has 1 aromatic heterocycles. The SMILES string of the molecule is Cc1ccc(C(=O)Cc2ccc(Cl)cc2N2CCCC2=O)cc1C#Cc1cccnc1. The van der Waals surface area contributed by atoms with Crippen molar-refractivity contribution in [1.29, 1.82) is 0 Å². The van der Waals surface area contributed by atoms with Crippen LogP contribution in [0.25, 0.3) is 0 Å². The highest BCUT2D eigenvalue weighted by molar-refractivity contribution is 6.31. The highest BCUT2D eigenvalue weighted by atomic mass is 35.5. The fraction of sp³-hybridized carbons (Fsp3) is 0.192. The summed E-state index contributed by atoms with van der Waals surface area (Å²) in [6.07, 6.45) is 4.94. The van der Waals surface area contributed by atoms with E-state index in [0.29, 0.717) is 23.6 Å². The summed E-state index contributed by atoms with van der Waals surface area (Å²) in [7, 11) is 0. The number of benzene rings is 2. The molecule has 4 rings (SSSR count). The molecule has 2 heterocycles. The number of Topliss-reactive ketones (excluding diaryl/α,β-unsaturated/α-hetero) is 1. The number of hydrogen-bond acceptors (Lipinski definition) is 3. The van der Waals surface area contributed by atoms with E-state index in [-0.39, 0.29) is 18.1 Å². The first-order valence-corrected chi connectivity index (χ1v) is 10.5. The Bertz CT molecular complexity index is 1210.